The van der Waals surface area contributed by atoms with Gasteiger partial charge in [-0.25, -0.2) is 4.98 Å². The van der Waals surface area contributed by atoms with E-state index in [1.54, 1.807) is 42.6 Å². The van der Waals surface area contributed by atoms with Crippen molar-refractivity contribution in [3.8, 4) is 17.1 Å². The number of aromatic nitrogens is 1. The van der Waals surface area contributed by atoms with E-state index in [-0.39, 0.29) is 12.3 Å². The number of methoxy groups -OCH3 is 1. The van der Waals surface area contributed by atoms with Crippen LogP contribution in [0.5, 0.6) is 5.75 Å². The Morgan fingerprint density at radius 1 is 1.15 bits per heavy atom. The van der Waals surface area contributed by atoms with Crippen molar-refractivity contribution >= 4 is 46.4 Å². The molecule has 27 heavy (non-hydrogen) atoms. The highest BCUT2D eigenvalue weighted by molar-refractivity contribution is 6.36. The quantitative estimate of drug-likeness (QED) is 0.535. The Labute approximate surface area is 171 Å². The Morgan fingerprint density at radius 3 is 2.63 bits per heavy atom. The minimum Gasteiger partial charge on any atom is -0.495 e. The summed E-state index contributed by atoms with van der Waals surface area (Å²) in [5, 5.41) is 4.28. The minimum absolute atomic E-state index is 0.184. The standard InChI is InChI=1S/C19H15Cl3N2O3/c1-26-16-5-3-12(21)9-15(16)24-18(25)6-7-19-23-10-17(27-19)13-4-2-11(20)8-14(13)22/h2-5,8-10H,6-7H2,1H3,(H,24,25). The van der Waals surface area contributed by atoms with Crippen LogP contribution in [0.1, 0.15) is 12.3 Å². The number of carbonyl (C=O) groups excluding carboxylic acids is 1. The molecule has 0 aliphatic rings. The van der Waals surface area contributed by atoms with Crippen molar-refractivity contribution in [3.63, 3.8) is 0 Å². The molecule has 2 aromatic carbocycles. The van der Waals surface area contributed by atoms with Gasteiger partial charge >= 0.3 is 0 Å². The number of aryl methyl sites for hydroxylation is 1. The van der Waals surface area contributed by atoms with Crippen LogP contribution in [0, 0.1) is 0 Å². The van der Waals surface area contributed by atoms with Crippen LogP contribution in [-0.4, -0.2) is 18.0 Å². The molecule has 3 aromatic rings. The van der Waals surface area contributed by atoms with Crippen LogP contribution in [0.2, 0.25) is 15.1 Å². The van der Waals surface area contributed by atoms with Gasteiger partial charge in [-0.3, -0.25) is 4.79 Å². The number of amides is 1. The Hall–Kier alpha value is -2.21. The number of carbonyl (C=O) groups is 1. The lowest BCUT2D eigenvalue weighted by atomic mass is 10.2. The zero-order valence-corrected chi connectivity index (χ0v) is 16.5. The number of rotatable bonds is 6. The van der Waals surface area contributed by atoms with Crippen molar-refractivity contribution in [3.05, 3.63) is 63.6 Å². The van der Waals surface area contributed by atoms with Gasteiger partial charge < -0.3 is 14.5 Å². The third-order valence-corrected chi connectivity index (χ3v) is 4.53. The molecule has 0 bridgehead atoms. The SMILES string of the molecule is COc1ccc(Cl)cc1NC(=O)CCc1ncc(-c2ccc(Cl)cc2Cl)o1. The highest BCUT2D eigenvalue weighted by Crippen LogP contribution is 2.31. The lowest BCUT2D eigenvalue weighted by Gasteiger charge is -2.10. The summed E-state index contributed by atoms with van der Waals surface area (Å²) < 4.78 is 10.9. The van der Waals surface area contributed by atoms with Gasteiger partial charge in [0.05, 0.1) is 24.0 Å². The predicted octanol–water partition coefficient (Wildman–Crippen LogP) is 5.88. The number of anilines is 1. The van der Waals surface area contributed by atoms with Crippen molar-refractivity contribution in [1.82, 2.24) is 4.98 Å². The third kappa shape index (κ3) is 4.95. The fraction of sp³-hybridized carbons (Fsp3) is 0.158. The maximum absolute atomic E-state index is 12.2. The Balaban J connectivity index is 1.63. The van der Waals surface area contributed by atoms with Gasteiger partial charge in [-0.05, 0) is 36.4 Å². The molecule has 1 amide bonds. The monoisotopic (exact) mass is 424 g/mol. The Morgan fingerprint density at radius 2 is 1.89 bits per heavy atom. The molecule has 1 aromatic heterocycles. The third-order valence-electron chi connectivity index (χ3n) is 3.75. The Kier molecular flexibility index (Phi) is 6.26. The average Bonchev–Trinajstić information content (AvgIpc) is 3.09. The second-order valence-corrected chi connectivity index (χ2v) is 6.92. The maximum Gasteiger partial charge on any atom is 0.224 e. The van der Waals surface area contributed by atoms with Gasteiger partial charge in [0.15, 0.2) is 11.7 Å². The van der Waals surface area contributed by atoms with E-state index >= 15 is 0 Å². The molecule has 0 fully saturated rings. The Bertz CT molecular complexity index is 973. The molecule has 1 N–H and O–H groups in total. The van der Waals surface area contributed by atoms with E-state index in [1.807, 2.05) is 0 Å². The van der Waals surface area contributed by atoms with Crippen molar-refractivity contribution in [2.45, 2.75) is 12.8 Å². The molecule has 0 spiro atoms. The minimum atomic E-state index is -0.208. The number of nitrogens with one attached hydrogen (secondary N) is 1. The van der Waals surface area contributed by atoms with E-state index in [4.69, 9.17) is 44.0 Å². The molecule has 0 saturated heterocycles. The molecular formula is C19H15Cl3N2O3. The first-order valence-electron chi connectivity index (χ1n) is 8.00. The predicted molar refractivity (Wildman–Crippen MR) is 107 cm³/mol. The first-order chi connectivity index (χ1) is 13.0. The first-order valence-corrected chi connectivity index (χ1v) is 9.13. The van der Waals surface area contributed by atoms with Gasteiger partial charge in [0.2, 0.25) is 5.91 Å². The lowest BCUT2D eigenvalue weighted by molar-refractivity contribution is -0.116. The summed E-state index contributed by atoms with van der Waals surface area (Å²) in [6.45, 7) is 0. The summed E-state index contributed by atoms with van der Waals surface area (Å²) in [5.74, 6) is 1.27. The largest absolute Gasteiger partial charge is 0.495 e. The van der Waals surface area contributed by atoms with Crippen LogP contribution in [0.25, 0.3) is 11.3 Å². The van der Waals surface area contributed by atoms with Crippen LogP contribution in [0.15, 0.2) is 47.0 Å². The molecular weight excluding hydrogens is 411 g/mol. The van der Waals surface area contributed by atoms with Crippen LogP contribution in [-0.2, 0) is 11.2 Å². The van der Waals surface area contributed by atoms with Crippen molar-refractivity contribution in [2.75, 3.05) is 12.4 Å². The normalized spacial score (nSPS) is 10.7. The van der Waals surface area contributed by atoms with Crippen LogP contribution in [0.4, 0.5) is 5.69 Å². The van der Waals surface area contributed by atoms with Gasteiger partial charge in [0.25, 0.3) is 0 Å². The first kappa shape index (κ1) is 19.5. The van der Waals surface area contributed by atoms with E-state index in [1.165, 1.54) is 7.11 Å². The van der Waals surface area contributed by atoms with Crippen molar-refractivity contribution in [1.29, 1.82) is 0 Å². The number of halogens is 3. The van der Waals surface area contributed by atoms with Gasteiger partial charge in [-0.1, -0.05) is 34.8 Å². The molecule has 0 radical (unpaired) electrons. The van der Waals surface area contributed by atoms with Gasteiger partial charge in [0.1, 0.15) is 5.75 Å². The second kappa shape index (κ2) is 8.65. The van der Waals surface area contributed by atoms with Gasteiger partial charge in [-0.2, -0.15) is 0 Å². The van der Waals surface area contributed by atoms with E-state index < -0.39 is 0 Å². The van der Waals surface area contributed by atoms with E-state index in [0.29, 0.717) is 50.1 Å². The van der Waals surface area contributed by atoms with Crippen LogP contribution in [0.3, 0.4) is 0 Å². The smallest absolute Gasteiger partial charge is 0.224 e. The summed E-state index contributed by atoms with van der Waals surface area (Å²) in [7, 11) is 1.52. The number of benzene rings is 2. The van der Waals surface area contributed by atoms with Gasteiger partial charge in [-0.15, -0.1) is 0 Å². The highest BCUT2D eigenvalue weighted by Gasteiger charge is 2.13. The summed E-state index contributed by atoms with van der Waals surface area (Å²) >= 11 is 18.0. The fourth-order valence-electron chi connectivity index (χ4n) is 2.45. The summed E-state index contributed by atoms with van der Waals surface area (Å²) in [5.41, 5.74) is 1.20. The topological polar surface area (TPSA) is 64.4 Å². The molecule has 0 saturated carbocycles. The maximum atomic E-state index is 12.2. The zero-order chi connectivity index (χ0) is 19.4. The molecule has 8 heteroatoms. The summed E-state index contributed by atoms with van der Waals surface area (Å²) in [6, 6.07) is 10.1. The van der Waals surface area contributed by atoms with Crippen molar-refractivity contribution in [2.24, 2.45) is 0 Å². The number of hydrogen-bond acceptors (Lipinski definition) is 4. The van der Waals surface area contributed by atoms with Crippen LogP contribution < -0.4 is 10.1 Å². The van der Waals surface area contributed by atoms with E-state index in [2.05, 4.69) is 10.3 Å². The van der Waals surface area contributed by atoms with Crippen molar-refractivity contribution < 1.29 is 13.9 Å². The van der Waals surface area contributed by atoms with E-state index in [9.17, 15) is 4.79 Å². The van der Waals surface area contributed by atoms with Crippen LogP contribution >= 0.6 is 34.8 Å². The zero-order valence-electron chi connectivity index (χ0n) is 14.3. The molecule has 0 aliphatic carbocycles. The molecule has 0 unspecified atom stereocenters. The average molecular weight is 426 g/mol. The number of nitrogens with zero attached hydrogens (tertiary/aromatic N) is 1. The fourth-order valence-corrected chi connectivity index (χ4v) is 3.12. The highest BCUT2D eigenvalue weighted by atomic mass is 35.5. The number of hydrogen-bond donors (Lipinski definition) is 1. The number of ether oxygens (including phenoxy) is 1. The molecule has 0 atom stereocenters. The van der Waals surface area contributed by atoms with E-state index in [0.717, 1.165) is 0 Å². The summed E-state index contributed by atoms with van der Waals surface area (Å²) in [6.07, 6.45) is 2.09. The molecule has 1 heterocycles. The summed E-state index contributed by atoms with van der Waals surface area (Å²) in [4.78, 5) is 16.4. The molecule has 0 aliphatic heterocycles. The molecule has 5 nitrogen and oxygen atoms in total. The molecule has 140 valence electrons. The van der Waals surface area contributed by atoms with Gasteiger partial charge in [0, 0.05) is 28.5 Å². The molecule has 3 rings (SSSR count). The lowest BCUT2D eigenvalue weighted by Crippen LogP contribution is -2.13. The second-order valence-electron chi connectivity index (χ2n) is 5.64. The number of oxazole rings is 1.